The van der Waals surface area contributed by atoms with E-state index in [0.29, 0.717) is 55.7 Å². The largest absolute Gasteiger partial charge is 0.497 e. The van der Waals surface area contributed by atoms with Gasteiger partial charge in [-0.3, -0.25) is 4.79 Å². The summed E-state index contributed by atoms with van der Waals surface area (Å²) in [5.41, 5.74) is 5.62. The molecule has 2 aliphatic rings. The summed E-state index contributed by atoms with van der Waals surface area (Å²) in [7, 11) is 3.17. The van der Waals surface area contributed by atoms with E-state index in [1.807, 2.05) is 0 Å². The summed E-state index contributed by atoms with van der Waals surface area (Å²) in [6.45, 7) is 1.29. The number of rotatable bonds is 10. The fourth-order valence-corrected chi connectivity index (χ4v) is 5.71. The first-order valence-electron chi connectivity index (χ1n) is 13.3. The Hall–Kier alpha value is -2.56. The van der Waals surface area contributed by atoms with Crippen LogP contribution in [0.2, 0.25) is 0 Å². The quantitative estimate of drug-likeness (QED) is 0.405. The minimum Gasteiger partial charge on any atom is -0.497 e. The molecule has 5 atom stereocenters. The molecule has 1 aliphatic heterocycles. The second kappa shape index (κ2) is 12.5. The van der Waals surface area contributed by atoms with Crippen molar-refractivity contribution in [2.75, 3.05) is 40.5 Å². The summed E-state index contributed by atoms with van der Waals surface area (Å²) < 4.78 is 32.2. The van der Waals surface area contributed by atoms with Gasteiger partial charge in [0.05, 0.1) is 26.4 Å². The lowest BCUT2D eigenvalue weighted by Gasteiger charge is -2.43. The Morgan fingerprint density at radius 3 is 2.71 bits per heavy atom. The smallest absolute Gasteiger partial charge is 0.226 e. The third-order valence-corrected chi connectivity index (χ3v) is 7.83. The van der Waals surface area contributed by atoms with Gasteiger partial charge in [-0.1, -0.05) is 24.3 Å². The zero-order valence-corrected chi connectivity index (χ0v) is 22.1. The van der Waals surface area contributed by atoms with Gasteiger partial charge in [-0.2, -0.15) is 0 Å². The standard InChI is InChI=1S/C29H39FN2O6/c1-36-13-4-3-11-29(35,22-9-6-10-23(30)27(22)19-7-5-8-21(15-19)37-2)26-18-32(12-14-38-26)28(34)20-16-24(31)25(33)17-20/h5-10,15,20,24-26,33,35H,3-4,11-14,16-18,31H2,1-2H3/t20-,24+,25-,26+,29-/m0/s1. The molecular weight excluding hydrogens is 491 g/mol. The number of benzene rings is 2. The number of ether oxygens (including phenoxy) is 3. The van der Waals surface area contributed by atoms with Crippen molar-refractivity contribution in [1.29, 1.82) is 0 Å². The van der Waals surface area contributed by atoms with Crippen molar-refractivity contribution in [3.8, 4) is 16.9 Å². The van der Waals surface area contributed by atoms with Crippen LogP contribution in [-0.4, -0.2) is 79.8 Å². The fraction of sp³-hybridized carbons (Fsp3) is 0.552. The number of methoxy groups -OCH3 is 2. The highest BCUT2D eigenvalue weighted by molar-refractivity contribution is 5.79. The highest BCUT2D eigenvalue weighted by atomic mass is 19.1. The maximum atomic E-state index is 15.5. The number of unbranched alkanes of at least 4 members (excludes halogenated alkanes) is 1. The van der Waals surface area contributed by atoms with Crippen molar-refractivity contribution >= 4 is 5.91 Å². The van der Waals surface area contributed by atoms with Crippen LogP contribution < -0.4 is 10.5 Å². The molecule has 4 rings (SSSR count). The van der Waals surface area contributed by atoms with Gasteiger partial charge in [0.1, 0.15) is 23.3 Å². The van der Waals surface area contributed by atoms with Crippen molar-refractivity contribution in [2.24, 2.45) is 11.7 Å². The van der Waals surface area contributed by atoms with Gasteiger partial charge in [-0.15, -0.1) is 0 Å². The maximum Gasteiger partial charge on any atom is 0.226 e. The number of morpholine rings is 1. The second-order valence-electron chi connectivity index (χ2n) is 10.3. The zero-order chi connectivity index (χ0) is 27.3. The molecular formula is C29H39FN2O6. The molecule has 1 amide bonds. The monoisotopic (exact) mass is 530 g/mol. The van der Waals surface area contributed by atoms with Gasteiger partial charge in [-0.05, 0) is 61.4 Å². The van der Waals surface area contributed by atoms with Gasteiger partial charge in [0, 0.05) is 37.8 Å². The Kier molecular flexibility index (Phi) is 9.38. The van der Waals surface area contributed by atoms with Crippen LogP contribution in [0.4, 0.5) is 4.39 Å². The highest BCUT2D eigenvalue weighted by Crippen LogP contribution is 2.42. The van der Waals surface area contributed by atoms with E-state index in [1.165, 1.54) is 6.07 Å². The number of hydrogen-bond acceptors (Lipinski definition) is 7. The molecule has 0 radical (unpaired) electrons. The van der Waals surface area contributed by atoms with Crippen LogP contribution in [0.3, 0.4) is 0 Å². The predicted molar refractivity (Wildman–Crippen MR) is 141 cm³/mol. The third-order valence-electron chi connectivity index (χ3n) is 7.83. The molecule has 0 unspecified atom stereocenters. The van der Waals surface area contributed by atoms with Crippen molar-refractivity contribution < 1.29 is 33.6 Å². The van der Waals surface area contributed by atoms with E-state index in [4.69, 9.17) is 19.9 Å². The van der Waals surface area contributed by atoms with Crippen LogP contribution in [0.15, 0.2) is 42.5 Å². The molecule has 0 bridgehead atoms. The maximum absolute atomic E-state index is 15.5. The first-order valence-corrected chi connectivity index (χ1v) is 13.3. The van der Waals surface area contributed by atoms with Crippen molar-refractivity contribution in [3.05, 3.63) is 53.8 Å². The van der Waals surface area contributed by atoms with Gasteiger partial charge in [0.25, 0.3) is 0 Å². The molecule has 1 heterocycles. The third kappa shape index (κ3) is 6.02. The highest BCUT2D eigenvalue weighted by Gasteiger charge is 2.46. The lowest BCUT2D eigenvalue weighted by molar-refractivity contribution is -0.167. The Morgan fingerprint density at radius 2 is 2.00 bits per heavy atom. The number of hydrogen-bond donors (Lipinski definition) is 3. The lowest BCUT2D eigenvalue weighted by Crippen LogP contribution is -2.55. The molecule has 2 aromatic carbocycles. The van der Waals surface area contributed by atoms with Crippen LogP contribution in [0.1, 0.15) is 37.7 Å². The number of nitrogens with two attached hydrogens (primary N) is 1. The molecule has 2 fully saturated rings. The molecule has 9 heteroatoms. The van der Waals surface area contributed by atoms with Gasteiger partial charge in [0.2, 0.25) is 5.91 Å². The number of carbonyl (C=O) groups excluding carboxylic acids is 1. The van der Waals surface area contributed by atoms with E-state index >= 15 is 4.39 Å². The Balaban J connectivity index is 1.69. The average molecular weight is 531 g/mol. The molecule has 38 heavy (non-hydrogen) atoms. The Bertz CT molecular complexity index is 1090. The van der Waals surface area contributed by atoms with Crippen LogP contribution in [0.25, 0.3) is 11.1 Å². The lowest BCUT2D eigenvalue weighted by atomic mass is 9.78. The number of aliphatic hydroxyl groups is 2. The molecule has 4 N–H and O–H groups in total. The summed E-state index contributed by atoms with van der Waals surface area (Å²) >= 11 is 0. The molecule has 2 aromatic rings. The van der Waals surface area contributed by atoms with Crippen molar-refractivity contribution in [2.45, 2.75) is 56.0 Å². The van der Waals surface area contributed by atoms with Gasteiger partial charge >= 0.3 is 0 Å². The molecule has 0 aromatic heterocycles. The van der Waals surface area contributed by atoms with E-state index in [1.54, 1.807) is 55.5 Å². The number of carbonyl (C=O) groups is 1. The van der Waals surface area contributed by atoms with Crippen molar-refractivity contribution in [3.63, 3.8) is 0 Å². The average Bonchev–Trinajstić information content (AvgIpc) is 3.28. The fourth-order valence-electron chi connectivity index (χ4n) is 5.71. The molecule has 208 valence electrons. The van der Waals surface area contributed by atoms with Gasteiger partial charge < -0.3 is 35.1 Å². The minimum absolute atomic E-state index is 0.0979. The molecule has 8 nitrogen and oxygen atoms in total. The molecule has 1 saturated carbocycles. The van der Waals surface area contributed by atoms with Crippen LogP contribution in [-0.2, 0) is 19.9 Å². The second-order valence-corrected chi connectivity index (χ2v) is 10.3. The van der Waals surface area contributed by atoms with E-state index in [0.717, 1.165) is 0 Å². The molecule has 1 aliphatic carbocycles. The van der Waals surface area contributed by atoms with Crippen LogP contribution in [0.5, 0.6) is 5.75 Å². The summed E-state index contributed by atoms with van der Waals surface area (Å²) in [6, 6.07) is 11.3. The van der Waals surface area contributed by atoms with E-state index < -0.39 is 29.7 Å². The summed E-state index contributed by atoms with van der Waals surface area (Å²) in [6.07, 6.45) is 0.868. The predicted octanol–water partition coefficient (Wildman–Crippen LogP) is 2.83. The van der Waals surface area contributed by atoms with Gasteiger partial charge in [-0.25, -0.2) is 4.39 Å². The number of halogens is 1. The Labute approximate surface area is 223 Å². The normalized spacial score (nSPS) is 25.3. The number of aliphatic hydroxyl groups excluding tert-OH is 1. The summed E-state index contributed by atoms with van der Waals surface area (Å²) in [5.74, 6) is -0.360. The Morgan fingerprint density at radius 1 is 1.21 bits per heavy atom. The van der Waals surface area contributed by atoms with E-state index in [-0.39, 0.29) is 37.0 Å². The number of nitrogens with zero attached hydrogens (tertiary/aromatic N) is 1. The zero-order valence-electron chi connectivity index (χ0n) is 22.1. The van der Waals surface area contributed by atoms with Gasteiger partial charge in [0.15, 0.2) is 0 Å². The first kappa shape index (κ1) is 28.4. The van der Waals surface area contributed by atoms with E-state index in [9.17, 15) is 15.0 Å². The van der Waals surface area contributed by atoms with Crippen molar-refractivity contribution in [1.82, 2.24) is 4.90 Å². The first-order chi connectivity index (χ1) is 18.3. The topological polar surface area (TPSA) is 114 Å². The summed E-state index contributed by atoms with van der Waals surface area (Å²) in [5, 5.41) is 22.5. The minimum atomic E-state index is -1.58. The van der Waals surface area contributed by atoms with Crippen LogP contribution in [0, 0.1) is 11.7 Å². The van der Waals surface area contributed by atoms with Crippen LogP contribution >= 0.6 is 0 Å². The van der Waals surface area contributed by atoms with E-state index in [2.05, 4.69) is 0 Å². The summed E-state index contributed by atoms with van der Waals surface area (Å²) in [4.78, 5) is 15.0. The molecule has 1 saturated heterocycles. The SMILES string of the molecule is COCCCC[C@](O)(c1cccc(F)c1-c1cccc(OC)c1)[C@H]1CN(C(=O)[C@H]2C[C@@H](N)[C@@H](O)C2)CCO1. The number of amides is 1. The molecule has 0 spiro atoms.